The van der Waals surface area contributed by atoms with Crippen LogP contribution in [0.25, 0.3) is 0 Å². The van der Waals surface area contributed by atoms with Crippen molar-refractivity contribution in [2.75, 3.05) is 31.6 Å². The first-order valence-corrected chi connectivity index (χ1v) is 6.38. The zero-order valence-electron chi connectivity index (χ0n) is 11.1. The van der Waals surface area contributed by atoms with E-state index < -0.39 is 17.8 Å². The largest absolute Gasteiger partial charge is 0.446 e. The molecule has 5 nitrogen and oxygen atoms in total. The Morgan fingerprint density at radius 3 is 2.95 bits per heavy atom. The molecule has 1 aliphatic rings. The van der Waals surface area contributed by atoms with Gasteiger partial charge in [-0.3, -0.25) is 5.32 Å². The van der Waals surface area contributed by atoms with E-state index in [4.69, 9.17) is 9.47 Å². The predicted molar refractivity (Wildman–Crippen MR) is 69.0 cm³/mol. The SMILES string of the molecule is O=C(Nc1cccc(C(F)(F)F)c1)OCC1CNCCO1. The van der Waals surface area contributed by atoms with Crippen molar-refractivity contribution in [1.82, 2.24) is 5.32 Å². The number of hydrogen-bond donors (Lipinski definition) is 2. The zero-order chi connectivity index (χ0) is 15.3. The maximum Gasteiger partial charge on any atom is 0.416 e. The molecule has 0 bridgehead atoms. The number of alkyl halides is 3. The van der Waals surface area contributed by atoms with E-state index in [1.54, 1.807) is 0 Å². The number of morpholine rings is 1. The van der Waals surface area contributed by atoms with Gasteiger partial charge in [-0.1, -0.05) is 6.07 Å². The summed E-state index contributed by atoms with van der Waals surface area (Å²) in [6.45, 7) is 1.88. The molecule has 8 heteroatoms. The first-order chi connectivity index (χ1) is 9.95. The molecule has 1 atom stereocenters. The molecule has 0 saturated carbocycles. The summed E-state index contributed by atoms with van der Waals surface area (Å²) >= 11 is 0. The molecule has 1 amide bonds. The molecule has 1 fully saturated rings. The minimum absolute atomic E-state index is 0.0255. The summed E-state index contributed by atoms with van der Waals surface area (Å²) < 4.78 is 47.8. The Balaban J connectivity index is 1.84. The molecule has 116 valence electrons. The van der Waals surface area contributed by atoms with Crippen LogP contribution in [0.15, 0.2) is 24.3 Å². The molecular weight excluding hydrogens is 289 g/mol. The number of halogens is 3. The van der Waals surface area contributed by atoms with Crippen molar-refractivity contribution in [2.24, 2.45) is 0 Å². The molecule has 0 spiro atoms. The second-order valence-electron chi connectivity index (χ2n) is 4.50. The van der Waals surface area contributed by atoms with Crippen LogP contribution in [0.3, 0.4) is 0 Å². The van der Waals surface area contributed by atoms with E-state index in [-0.39, 0.29) is 18.4 Å². The first kappa shape index (κ1) is 15.6. The Bertz CT molecular complexity index is 488. The lowest BCUT2D eigenvalue weighted by atomic mass is 10.2. The normalized spacial score (nSPS) is 19.1. The van der Waals surface area contributed by atoms with E-state index in [1.165, 1.54) is 12.1 Å². The Morgan fingerprint density at radius 1 is 1.48 bits per heavy atom. The lowest BCUT2D eigenvalue weighted by molar-refractivity contribution is -0.137. The van der Waals surface area contributed by atoms with E-state index in [1.807, 2.05) is 0 Å². The Hall–Kier alpha value is -1.80. The third-order valence-corrected chi connectivity index (χ3v) is 2.84. The number of carbonyl (C=O) groups is 1. The summed E-state index contributed by atoms with van der Waals surface area (Å²) in [5, 5.41) is 5.33. The Morgan fingerprint density at radius 2 is 2.29 bits per heavy atom. The molecule has 1 saturated heterocycles. The molecule has 1 aromatic carbocycles. The molecule has 2 rings (SSSR count). The number of anilines is 1. The van der Waals surface area contributed by atoms with Gasteiger partial charge in [-0.25, -0.2) is 4.79 Å². The van der Waals surface area contributed by atoms with Crippen molar-refractivity contribution in [3.8, 4) is 0 Å². The van der Waals surface area contributed by atoms with Gasteiger partial charge in [0.2, 0.25) is 0 Å². The van der Waals surface area contributed by atoms with Gasteiger partial charge in [0.1, 0.15) is 12.7 Å². The van der Waals surface area contributed by atoms with Gasteiger partial charge >= 0.3 is 12.3 Å². The maximum atomic E-state index is 12.5. The topological polar surface area (TPSA) is 59.6 Å². The van der Waals surface area contributed by atoms with Crippen LogP contribution in [0, 0.1) is 0 Å². The fraction of sp³-hybridized carbons (Fsp3) is 0.462. The summed E-state index contributed by atoms with van der Waals surface area (Å²) in [6, 6.07) is 4.35. The van der Waals surface area contributed by atoms with Gasteiger partial charge in [-0.15, -0.1) is 0 Å². The number of ether oxygens (including phenoxy) is 2. The number of carbonyl (C=O) groups excluding carboxylic acids is 1. The van der Waals surface area contributed by atoms with Crippen molar-refractivity contribution in [1.29, 1.82) is 0 Å². The van der Waals surface area contributed by atoms with Crippen LogP contribution in [0.2, 0.25) is 0 Å². The number of benzene rings is 1. The van der Waals surface area contributed by atoms with Crippen molar-refractivity contribution in [2.45, 2.75) is 12.3 Å². The van der Waals surface area contributed by atoms with E-state index in [0.29, 0.717) is 13.2 Å². The summed E-state index contributed by atoms with van der Waals surface area (Å²) in [5.41, 5.74) is -0.808. The van der Waals surface area contributed by atoms with Crippen LogP contribution >= 0.6 is 0 Å². The summed E-state index contributed by atoms with van der Waals surface area (Å²) in [6.07, 6.45) is -5.52. The van der Waals surface area contributed by atoms with Gasteiger partial charge in [-0.2, -0.15) is 13.2 Å². The van der Waals surface area contributed by atoms with Gasteiger partial charge in [0.15, 0.2) is 0 Å². The molecule has 1 heterocycles. The third kappa shape index (κ3) is 4.91. The highest BCUT2D eigenvalue weighted by Gasteiger charge is 2.30. The average Bonchev–Trinajstić information content (AvgIpc) is 2.46. The second kappa shape index (κ2) is 6.77. The fourth-order valence-electron chi connectivity index (χ4n) is 1.82. The third-order valence-electron chi connectivity index (χ3n) is 2.84. The quantitative estimate of drug-likeness (QED) is 0.899. The second-order valence-corrected chi connectivity index (χ2v) is 4.50. The number of nitrogens with one attached hydrogen (secondary N) is 2. The van der Waals surface area contributed by atoms with E-state index >= 15 is 0 Å². The highest BCUT2D eigenvalue weighted by molar-refractivity contribution is 5.84. The van der Waals surface area contributed by atoms with E-state index in [0.717, 1.165) is 18.7 Å². The van der Waals surface area contributed by atoms with Crippen LogP contribution in [0.4, 0.5) is 23.7 Å². The molecule has 0 aliphatic carbocycles. The molecule has 0 radical (unpaired) electrons. The lowest BCUT2D eigenvalue weighted by Gasteiger charge is -2.23. The van der Waals surface area contributed by atoms with Gasteiger partial charge in [0, 0.05) is 18.8 Å². The molecule has 21 heavy (non-hydrogen) atoms. The highest BCUT2D eigenvalue weighted by atomic mass is 19.4. The van der Waals surface area contributed by atoms with Crippen LogP contribution in [0.1, 0.15) is 5.56 Å². The van der Waals surface area contributed by atoms with E-state index in [9.17, 15) is 18.0 Å². The van der Waals surface area contributed by atoms with Crippen molar-refractivity contribution in [3.05, 3.63) is 29.8 Å². The van der Waals surface area contributed by atoms with Crippen LogP contribution in [-0.4, -0.2) is 38.5 Å². The standard InChI is InChI=1S/C13H15F3N2O3/c14-13(15,16)9-2-1-3-10(6-9)18-12(19)21-8-11-7-17-4-5-20-11/h1-3,6,11,17H,4-5,7-8H2,(H,18,19). The molecule has 1 unspecified atom stereocenters. The summed E-state index contributed by atoms with van der Waals surface area (Å²) in [5.74, 6) is 0. The average molecular weight is 304 g/mol. The van der Waals surface area contributed by atoms with Gasteiger partial charge in [0.25, 0.3) is 0 Å². The van der Waals surface area contributed by atoms with E-state index in [2.05, 4.69) is 10.6 Å². The number of amides is 1. The van der Waals surface area contributed by atoms with Gasteiger partial charge in [-0.05, 0) is 18.2 Å². The fourth-order valence-corrected chi connectivity index (χ4v) is 1.82. The summed E-state index contributed by atoms with van der Waals surface area (Å²) in [4.78, 5) is 11.5. The minimum atomic E-state index is -4.46. The van der Waals surface area contributed by atoms with Crippen molar-refractivity contribution >= 4 is 11.8 Å². The molecule has 1 aromatic rings. The minimum Gasteiger partial charge on any atom is -0.446 e. The van der Waals surface area contributed by atoms with Crippen LogP contribution in [-0.2, 0) is 15.7 Å². The van der Waals surface area contributed by atoms with Crippen molar-refractivity contribution in [3.63, 3.8) is 0 Å². The van der Waals surface area contributed by atoms with Crippen LogP contribution < -0.4 is 10.6 Å². The first-order valence-electron chi connectivity index (χ1n) is 6.38. The predicted octanol–water partition coefficient (Wildman–Crippen LogP) is 2.24. The molecule has 0 aromatic heterocycles. The monoisotopic (exact) mass is 304 g/mol. The van der Waals surface area contributed by atoms with Crippen LogP contribution in [0.5, 0.6) is 0 Å². The smallest absolute Gasteiger partial charge is 0.416 e. The van der Waals surface area contributed by atoms with Gasteiger partial charge < -0.3 is 14.8 Å². The van der Waals surface area contributed by atoms with Crippen molar-refractivity contribution < 1.29 is 27.4 Å². The lowest BCUT2D eigenvalue weighted by Crippen LogP contribution is -2.41. The molecular formula is C13H15F3N2O3. The highest BCUT2D eigenvalue weighted by Crippen LogP contribution is 2.30. The Labute approximate surface area is 119 Å². The number of rotatable bonds is 3. The molecule has 1 aliphatic heterocycles. The van der Waals surface area contributed by atoms with Gasteiger partial charge in [0.05, 0.1) is 12.2 Å². The zero-order valence-corrected chi connectivity index (χ0v) is 11.1. The Kier molecular flexibility index (Phi) is 5.03. The number of hydrogen-bond acceptors (Lipinski definition) is 4. The maximum absolute atomic E-state index is 12.5. The molecule has 2 N–H and O–H groups in total. The summed E-state index contributed by atoms with van der Waals surface area (Å²) in [7, 11) is 0.